The van der Waals surface area contributed by atoms with Crippen molar-refractivity contribution < 1.29 is 39.9 Å². The largest absolute Gasteiger partial charge is 0.507 e. The lowest BCUT2D eigenvalue weighted by molar-refractivity contribution is 0.0974. The molecule has 0 fully saturated rings. The summed E-state index contributed by atoms with van der Waals surface area (Å²) in [6.07, 6.45) is 0. The zero-order chi connectivity index (χ0) is 27.2. The van der Waals surface area contributed by atoms with Crippen molar-refractivity contribution in [1.29, 1.82) is 0 Å². The Bertz CT molecular complexity index is 1800. The van der Waals surface area contributed by atoms with Crippen LogP contribution in [0.1, 0.15) is 81.5 Å². The third kappa shape index (κ3) is 2.88. The van der Waals surface area contributed by atoms with Crippen LogP contribution in [0.4, 0.5) is 0 Å². The maximum atomic E-state index is 13.6. The summed E-state index contributed by atoms with van der Waals surface area (Å²) in [6, 6.07) is 11.2. The number of ketones is 3. The van der Waals surface area contributed by atoms with Crippen LogP contribution in [0.25, 0.3) is 0 Å². The molecule has 0 bridgehead atoms. The smallest absolute Gasteiger partial charge is 0.201 e. The first-order chi connectivity index (χ1) is 18.0. The molecule has 4 aromatic carbocycles. The molecule has 4 aromatic rings. The molecule has 38 heavy (non-hydrogen) atoms. The fourth-order valence-electron chi connectivity index (χ4n) is 5.70. The molecule has 8 heteroatoms. The van der Waals surface area contributed by atoms with Gasteiger partial charge in [0.1, 0.15) is 28.7 Å². The van der Waals surface area contributed by atoms with Crippen LogP contribution in [0, 0.1) is 13.8 Å². The van der Waals surface area contributed by atoms with E-state index < -0.39 is 40.5 Å². The minimum atomic E-state index is -1.10. The molecule has 0 amide bonds. The molecule has 0 saturated heterocycles. The molecule has 0 radical (unpaired) electrons. The Kier molecular flexibility index (Phi) is 4.72. The Hall–Kier alpha value is -5.11. The maximum absolute atomic E-state index is 13.6. The lowest BCUT2D eigenvalue weighted by Gasteiger charge is -2.31. The van der Waals surface area contributed by atoms with E-state index in [1.165, 1.54) is 55.5 Å². The highest BCUT2D eigenvalue weighted by atomic mass is 16.3. The van der Waals surface area contributed by atoms with Gasteiger partial charge >= 0.3 is 0 Å². The van der Waals surface area contributed by atoms with Crippen LogP contribution < -0.4 is 0 Å². The minimum Gasteiger partial charge on any atom is -0.507 e. The summed E-state index contributed by atoms with van der Waals surface area (Å²) in [5.74, 6) is -5.18. The van der Waals surface area contributed by atoms with E-state index in [-0.39, 0.29) is 67.1 Å². The molecule has 0 spiro atoms. The predicted molar refractivity (Wildman–Crippen MR) is 135 cm³/mol. The normalized spacial score (nSPS) is 15.5. The SMILES string of the molecule is Cc1cc(O)c2c(c1)C(=O)c1ccc([C@H]3c4cccc(O)c4C(=O)c4c(O)cc(C)c(O)c43)c(O)c1C2=O. The zero-order valence-electron chi connectivity index (χ0n) is 20.2. The first kappa shape index (κ1) is 23.3. The van der Waals surface area contributed by atoms with Crippen LogP contribution in [0.15, 0.2) is 48.5 Å². The third-order valence-corrected chi connectivity index (χ3v) is 7.36. The lowest BCUT2D eigenvalue weighted by atomic mass is 9.71. The summed E-state index contributed by atoms with van der Waals surface area (Å²) < 4.78 is 0. The highest BCUT2D eigenvalue weighted by Gasteiger charge is 2.42. The number of aromatic hydroxyl groups is 5. The summed E-state index contributed by atoms with van der Waals surface area (Å²) >= 11 is 0. The van der Waals surface area contributed by atoms with Gasteiger partial charge in [-0.15, -0.1) is 0 Å². The maximum Gasteiger partial charge on any atom is 0.201 e. The molecule has 188 valence electrons. The van der Waals surface area contributed by atoms with Crippen molar-refractivity contribution >= 4 is 17.3 Å². The number of benzene rings is 4. The average Bonchev–Trinajstić information content (AvgIpc) is 2.85. The molecule has 1 atom stereocenters. The highest BCUT2D eigenvalue weighted by Crippen LogP contribution is 2.53. The summed E-state index contributed by atoms with van der Waals surface area (Å²) in [5, 5.41) is 54.4. The second-order valence-electron chi connectivity index (χ2n) is 9.64. The van der Waals surface area contributed by atoms with E-state index in [4.69, 9.17) is 0 Å². The average molecular weight is 508 g/mol. The Morgan fingerprint density at radius 1 is 0.579 bits per heavy atom. The van der Waals surface area contributed by atoms with Gasteiger partial charge in [0.15, 0.2) is 5.78 Å². The Morgan fingerprint density at radius 2 is 1.26 bits per heavy atom. The summed E-state index contributed by atoms with van der Waals surface area (Å²) in [7, 11) is 0. The first-order valence-corrected chi connectivity index (χ1v) is 11.7. The van der Waals surface area contributed by atoms with E-state index in [2.05, 4.69) is 0 Å². The number of carbonyl (C=O) groups excluding carboxylic acids is 3. The predicted octanol–water partition coefficient (Wildman–Crippen LogP) is 4.33. The molecule has 6 rings (SSSR count). The quantitative estimate of drug-likeness (QED) is 0.206. The number of hydrogen-bond donors (Lipinski definition) is 5. The minimum absolute atomic E-state index is 0.00527. The number of fused-ring (bicyclic) bond motifs is 4. The van der Waals surface area contributed by atoms with Crippen molar-refractivity contribution in [2.75, 3.05) is 0 Å². The third-order valence-electron chi connectivity index (χ3n) is 7.36. The van der Waals surface area contributed by atoms with Gasteiger partial charge in [0.2, 0.25) is 11.6 Å². The monoisotopic (exact) mass is 508 g/mol. The van der Waals surface area contributed by atoms with Gasteiger partial charge in [-0.3, -0.25) is 14.4 Å². The Morgan fingerprint density at radius 3 is 2.00 bits per heavy atom. The molecule has 2 aliphatic carbocycles. The van der Waals surface area contributed by atoms with E-state index in [0.29, 0.717) is 5.56 Å². The van der Waals surface area contributed by atoms with Gasteiger partial charge in [0, 0.05) is 28.2 Å². The topological polar surface area (TPSA) is 152 Å². The van der Waals surface area contributed by atoms with E-state index in [0.717, 1.165) is 0 Å². The molecular weight excluding hydrogens is 488 g/mol. The van der Waals surface area contributed by atoms with Crippen LogP contribution in [-0.2, 0) is 0 Å². The van der Waals surface area contributed by atoms with Gasteiger partial charge < -0.3 is 25.5 Å². The summed E-state index contributed by atoms with van der Waals surface area (Å²) in [6.45, 7) is 3.21. The van der Waals surface area contributed by atoms with Crippen molar-refractivity contribution in [1.82, 2.24) is 0 Å². The standard InChI is InChI=1S/C30H20O8/c1-11-8-16-22(18(32)9-11)29(37)23-15(27(16)35)7-6-14(28(23)36)20-13-4-3-5-17(31)21(13)30(38)24-19(33)10-12(2)26(34)25(20)24/h3-10,20,31-34,36H,1-2H3/t20-/m1/s1. The van der Waals surface area contributed by atoms with Gasteiger partial charge in [-0.1, -0.05) is 18.2 Å². The van der Waals surface area contributed by atoms with Gasteiger partial charge in [-0.25, -0.2) is 0 Å². The van der Waals surface area contributed by atoms with Gasteiger partial charge in [0.05, 0.1) is 22.3 Å². The molecule has 0 aromatic heterocycles. The van der Waals surface area contributed by atoms with Gasteiger partial charge in [-0.05, 0) is 60.9 Å². The molecule has 2 aliphatic rings. The number of aryl methyl sites for hydroxylation is 2. The van der Waals surface area contributed by atoms with E-state index in [9.17, 15) is 39.9 Å². The van der Waals surface area contributed by atoms with E-state index in [1.807, 2.05) is 0 Å². The van der Waals surface area contributed by atoms with Crippen molar-refractivity contribution in [2.24, 2.45) is 0 Å². The van der Waals surface area contributed by atoms with Crippen LogP contribution in [0.5, 0.6) is 28.7 Å². The molecule has 0 unspecified atom stereocenters. The molecule has 0 saturated carbocycles. The van der Waals surface area contributed by atoms with Crippen molar-refractivity contribution in [3.05, 3.63) is 110 Å². The van der Waals surface area contributed by atoms with Crippen LogP contribution in [0.2, 0.25) is 0 Å². The van der Waals surface area contributed by atoms with Gasteiger partial charge in [0.25, 0.3) is 0 Å². The molecule has 8 nitrogen and oxygen atoms in total. The van der Waals surface area contributed by atoms with Crippen molar-refractivity contribution in [2.45, 2.75) is 19.8 Å². The first-order valence-electron chi connectivity index (χ1n) is 11.7. The van der Waals surface area contributed by atoms with Crippen LogP contribution >= 0.6 is 0 Å². The van der Waals surface area contributed by atoms with E-state index >= 15 is 0 Å². The molecule has 5 N–H and O–H groups in total. The van der Waals surface area contributed by atoms with Crippen molar-refractivity contribution in [3.8, 4) is 28.7 Å². The zero-order valence-corrected chi connectivity index (χ0v) is 20.2. The number of carbonyl (C=O) groups is 3. The number of hydrogen-bond acceptors (Lipinski definition) is 8. The fraction of sp³-hybridized carbons (Fsp3) is 0.100. The molecule has 0 heterocycles. The fourth-order valence-corrected chi connectivity index (χ4v) is 5.70. The highest BCUT2D eigenvalue weighted by molar-refractivity contribution is 6.30. The van der Waals surface area contributed by atoms with E-state index in [1.54, 1.807) is 6.92 Å². The van der Waals surface area contributed by atoms with Crippen molar-refractivity contribution in [3.63, 3.8) is 0 Å². The summed E-state index contributed by atoms with van der Waals surface area (Å²) in [4.78, 5) is 40.2. The number of rotatable bonds is 1. The van der Waals surface area contributed by atoms with Crippen LogP contribution in [-0.4, -0.2) is 42.9 Å². The Balaban J connectivity index is 1.68. The summed E-state index contributed by atoms with van der Waals surface area (Å²) in [5.41, 5.74) is 0.165. The van der Waals surface area contributed by atoms with Crippen LogP contribution in [0.3, 0.4) is 0 Å². The number of phenolic OH excluding ortho intramolecular Hbond substituents is 5. The Labute approximate surface area is 215 Å². The van der Waals surface area contributed by atoms with Gasteiger partial charge in [-0.2, -0.15) is 0 Å². The molecular formula is C30H20O8. The molecule has 0 aliphatic heterocycles. The number of phenols is 5. The second-order valence-corrected chi connectivity index (χ2v) is 9.64. The second kappa shape index (κ2) is 7.69. The lowest BCUT2D eigenvalue weighted by Crippen LogP contribution is -2.24.